The van der Waals surface area contributed by atoms with E-state index in [2.05, 4.69) is 18.5 Å². The van der Waals surface area contributed by atoms with Gasteiger partial charge in [0.1, 0.15) is 17.7 Å². The van der Waals surface area contributed by atoms with E-state index in [-0.39, 0.29) is 6.04 Å². The molecular weight excluding hydrogens is 312 g/mol. The molecule has 24 heavy (non-hydrogen) atoms. The predicted octanol–water partition coefficient (Wildman–Crippen LogP) is 1.78. The third kappa shape index (κ3) is 4.84. The summed E-state index contributed by atoms with van der Waals surface area (Å²) in [5, 5.41) is 2.47. The maximum atomic E-state index is 12.8. The molecule has 0 spiro atoms. The zero-order valence-electron chi connectivity index (χ0n) is 14.7. The summed E-state index contributed by atoms with van der Waals surface area (Å²) in [5.41, 5.74) is -0.690. The Morgan fingerprint density at radius 2 is 1.88 bits per heavy atom. The zero-order valence-corrected chi connectivity index (χ0v) is 14.7. The van der Waals surface area contributed by atoms with E-state index in [0.717, 1.165) is 0 Å². The lowest BCUT2D eigenvalue weighted by molar-refractivity contribution is -0.152. The Labute approximate surface area is 142 Å². The average molecular weight is 338 g/mol. The number of nitrogens with zero attached hydrogens (tertiary/aromatic N) is 1. The highest BCUT2D eigenvalue weighted by Crippen LogP contribution is 2.27. The molecule has 3 atom stereocenters. The first kappa shape index (κ1) is 19.7. The van der Waals surface area contributed by atoms with E-state index >= 15 is 0 Å². The summed E-state index contributed by atoms with van der Waals surface area (Å²) in [6.45, 7) is 12.5. The van der Waals surface area contributed by atoms with Gasteiger partial charge in [0.2, 0.25) is 0 Å². The van der Waals surface area contributed by atoms with E-state index in [9.17, 15) is 14.4 Å². The number of alkyl carbamates (subject to hydrolysis) is 1. The van der Waals surface area contributed by atoms with E-state index in [4.69, 9.17) is 9.47 Å². The average Bonchev–Trinajstić information content (AvgIpc) is 2.93. The minimum Gasteiger partial charge on any atom is -0.467 e. The predicted molar refractivity (Wildman–Crippen MR) is 89.2 cm³/mol. The summed E-state index contributed by atoms with van der Waals surface area (Å²) in [5.74, 6) is -0.943. The van der Waals surface area contributed by atoms with Gasteiger partial charge < -0.3 is 19.7 Å². The van der Waals surface area contributed by atoms with Crippen LogP contribution >= 0.6 is 0 Å². The molecule has 1 N–H and O–H groups in total. The van der Waals surface area contributed by atoms with Gasteiger partial charge in [-0.2, -0.15) is 0 Å². The number of esters is 1. The zero-order chi connectivity index (χ0) is 18.5. The monoisotopic (exact) mass is 338 g/mol. The molecule has 0 aliphatic carbocycles. The molecule has 134 valence electrons. The minimum absolute atomic E-state index is 0.301. The van der Waals surface area contributed by atoms with Crippen molar-refractivity contribution in [2.75, 3.05) is 7.11 Å². The Bertz CT molecular complexity index is 524. The van der Waals surface area contributed by atoms with Gasteiger partial charge in [0.15, 0.2) is 0 Å². The SMILES string of the molecule is C=CC(NC(=O)OC(C)(C)C)C(=O)N1[C@@H](C=C)CC[C@H]1C(=O)OC. The smallest absolute Gasteiger partial charge is 0.408 e. The molecular formula is C17H26N2O5. The first-order valence-electron chi connectivity index (χ1n) is 7.79. The van der Waals surface area contributed by atoms with Crippen LogP contribution in [0, 0.1) is 0 Å². The van der Waals surface area contributed by atoms with Gasteiger partial charge in [-0.05, 0) is 33.6 Å². The summed E-state index contributed by atoms with van der Waals surface area (Å²) in [6, 6.07) is -2.01. The number of hydrogen-bond donors (Lipinski definition) is 1. The quantitative estimate of drug-likeness (QED) is 0.610. The fourth-order valence-corrected chi connectivity index (χ4v) is 2.57. The van der Waals surface area contributed by atoms with Gasteiger partial charge in [-0.15, -0.1) is 13.2 Å². The maximum Gasteiger partial charge on any atom is 0.408 e. The van der Waals surface area contributed by atoms with E-state index in [1.54, 1.807) is 26.8 Å². The largest absolute Gasteiger partial charge is 0.467 e. The normalized spacial score (nSPS) is 21.6. The van der Waals surface area contributed by atoms with E-state index in [1.165, 1.54) is 18.1 Å². The van der Waals surface area contributed by atoms with Crippen molar-refractivity contribution in [3.05, 3.63) is 25.3 Å². The van der Waals surface area contributed by atoms with Crippen molar-refractivity contribution in [1.82, 2.24) is 10.2 Å². The Hall–Kier alpha value is -2.31. The van der Waals surface area contributed by atoms with Crippen molar-refractivity contribution < 1.29 is 23.9 Å². The molecule has 1 aliphatic heterocycles. The Morgan fingerprint density at radius 1 is 1.25 bits per heavy atom. The summed E-state index contributed by atoms with van der Waals surface area (Å²) in [4.78, 5) is 38.0. The molecule has 1 rings (SSSR count). The number of carbonyl (C=O) groups excluding carboxylic acids is 3. The Morgan fingerprint density at radius 3 is 2.33 bits per heavy atom. The maximum absolute atomic E-state index is 12.8. The summed E-state index contributed by atoms with van der Waals surface area (Å²) < 4.78 is 9.91. The number of ether oxygens (including phenoxy) is 2. The molecule has 2 amide bonds. The number of amides is 2. The second kappa shape index (κ2) is 7.99. The third-order valence-corrected chi connectivity index (χ3v) is 3.60. The van der Waals surface area contributed by atoms with Crippen LogP contribution in [0.1, 0.15) is 33.6 Å². The molecule has 0 bridgehead atoms. The fraction of sp³-hybridized carbons (Fsp3) is 0.588. The number of hydrogen-bond acceptors (Lipinski definition) is 5. The molecule has 0 aromatic heterocycles. The lowest BCUT2D eigenvalue weighted by Crippen LogP contribution is -2.53. The van der Waals surface area contributed by atoms with Crippen LogP contribution in [-0.4, -0.2) is 53.7 Å². The highest BCUT2D eigenvalue weighted by Gasteiger charge is 2.42. The highest BCUT2D eigenvalue weighted by molar-refractivity contribution is 5.92. The van der Waals surface area contributed by atoms with Crippen LogP contribution < -0.4 is 5.32 Å². The summed E-state index contributed by atoms with van der Waals surface area (Å²) >= 11 is 0. The highest BCUT2D eigenvalue weighted by atomic mass is 16.6. The molecule has 1 aliphatic rings. The lowest BCUT2D eigenvalue weighted by Gasteiger charge is -2.30. The molecule has 1 saturated heterocycles. The standard InChI is InChI=1S/C17H26N2O5/c1-7-11-9-10-13(15(21)23-6)19(11)14(20)12(8-2)18-16(22)24-17(3,4)5/h7-8,11-13H,1-2,9-10H2,3-6H3,(H,18,22)/t11-,12?,13-/m0/s1. The molecule has 0 aromatic carbocycles. The van der Waals surface area contributed by atoms with Crippen molar-refractivity contribution in [3.63, 3.8) is 0 Å². The van der Waals surface area contributed by atoms with Gasteiger partial charge in [-0.3, -0.25) is 4.79 Å². The topological polar surface area (TPSA) is 84.9 Å². The van der Waals surface area contributed by atoms with Gasteiger partial charge in [-0.25, -0.2) is 9.59 Å². The summed E-state index contributed by atoms with van der Waals surface area (Å²) in [7, 11) is 1.27. The van der Waals surface area contributed by atoms with Gasteiger partial charge >= 0.3 is 12.1 Å². The minimum atomic E-state index is -1.01. The Balaban J connectivity index is 2.92. The molecule has 1 unspecified atom stereocenters. The Kier molecular flexibility index (Phi) is 6.57. The lowest BCUT2D eigenvalue weighted by atomic mass is 10.2. The third-order valence-electron chi connectivity index (χ3n) is 3.60. The first-order chi connectivity index (χ1) is 11.1. The number of carbonyl (C=O) groups is 3. The van der Waals surface area contributed by atoms with Crippen molar-refractivity contribution in [1.29, 1.82) is 0 Å². The van der Waals surface area contributed by atoms with Crippen molar-refractivity contribution in [2.24, 2.45) is 0 Å². The van der Waals surface area contributed by atoms with Crippen LogP contribution in [0.4, 0.5) is 4.79 Å². The molecule has 0 radical (unpaired) electrons. The van der Waals surface area contributed by atoms with Crippen molar-refractivity contribution >= 4 is 18.0 Å². The van der Waals surface area contributed by atoms with E-state index < -0.39 is 35.7 Å². The molecule has 1 fully saturated rings. The van der Waals surface area contributed by atoms with Crippen LogP contribution in [0.2, 0.25) is 0 Å². The molecule has 0 saturated carbocycles. The fourth-order valence-electron chi connectivity index (χ4n) is 2.57. The van der Waals surface area contributed by atoms with E-state index in [1.807, 2.05) is 0 Å². The van der Waals surface area contributed by atoms with Gasteiger partial charge in [0.05, 0.1) is 13.2 Å². The molecule has 7 heteroatoms. The van der Waals surface area contributed by atoms with Gasteiger partial charge in [0.25, 0.3) is 5.91 Å². The van der Waals surface area contributed by atoms with E-state index in [0.29, 0.717) is 12.8 Å². The second-order valence-electron chi connectivity index (χ2n) is 6.52. The van der Waals surface area contributed by atoms with Crippen LogP contribution in [-0.2, 0) is 19.1 Å². The van der Waals surface area contributed by atoms with Gasteiger partial charge in [-0.1, -0.05) is 12.2 Å². The molecule has 7 nitrogen and oxygen atoms in total. The molecule has 1 heterocycles. The number of rotatable bonds is 5. The molecule has 0 aromatic rings. The summed E-state index contributed by atoms with van der Waals surface area (Å²) in [6.07, 6.45) is 3.26. The number of methoxy groups -OCH3 is 1. The van der Waals surface area contributed by atoms with Crippen molar-refractivity contribution in [3.8, 4) is 0 Å². The second-order valence-corrected chi connectivity index (χ2v) is 6.52. The van der Waals surface area contributed by atoms with Crippen LogP contribution in [0.25, 0.3) is 0 Å². The van der Waals surface area contributed by atoms with Crippen LogP contribution in [0.15, 0.2) is 25.3 Å². The number of nitrogens with one attached hydrogen (secondary N) is 1. The van der Waals surface area contributed by atoms with Crippen molar-refractivity contribution in [2.45, 2.75) is 57.3 Å². The van der Waals surface area contributed by atoms with Crippen LogP contribution in [0.5, 0.6) is 0 Å². The first-order valence-corrected chi connectivity index (χ1v) is 7.79. The number of likely N-dealkylation sites (tertiary alicyclic amines) is 1. The van der Waals surface area contributed by atoms with Crippen LogP contribution in [0.3, 0.4) is 0 Å². The van der Waals surface area contributed by atoms with Gasteiger partial charge in [0, 0.05) is 0 Å².